The monoisotopic (exact) mass is 163 g/mol. The van der Waals surface area contributed by atoms with E-state index in [-0.39, 0.29) is 6.16 Å². The molecule has 1 unspecified atom stereocenters. The Morgan fingerprint density at radius 1 is 1.70 bits per heavy atom. The van der Waals surface area contributed by atoms with Crippen molar-refractivity contribution in [2.75, 3.05) is 19.9 Å². The molecule has 58 valence electrons. The molecule has 0 aliphatic rings. The Bertz CT molecular complexity index is 174. The van der Waals surface area contributed by atoms with Crippen molar-refractivity contribution < 1.29 is 13.6 Å². The number of nitriles is 1. The lowest BCUT2D eigenvalue weighted by Crippen LogP contribution is -1.95. The van der Waals surface area contributed by atoms with Crippen molar-refractivity contribution in [3.05, 3.63) is 0 Å². The normalized spacial score (nSPS) is 15.7. The van der Waals surface area contributed by atoms with Gasteiger partial charge in [0, 0.05) is 7.11 Å². The minimum absolute atomic E-state index is 0.183. The van der Waals surface area contributed by atoms with Gasteiger partial charge in [0.15, 0.2) is 0 Å². The van der Waals surface area contributed by atoms with E-state index in [1.165, 1.54) is 7.11 Å². The molecule has 0 aliphatic carbocycles. The molecule has 0 rings (SSSR count). The maximum atomic E-state index is 11.1. The standard InChI is InChI=1S/C5H10NO3P/c1-3-9-10(7,8-2)5-4-6/h3,5H2,1-2H3. The van der Waals surface area contributed by atoms with Gasteiger partial charge in [-0.1, -0.05) is 0 Å². The summed E-state index contributed by atoms with van der Waals surface area (Å²) in [5, 5.41) is 8.18. The van der Waals surface area contributed by atoms with Crippen LogP contribution >= 0.6 is 7.60 Å². The van der Waals surface area contributed by atoms with Crippen molar-refractivity contribution in [1.29, 1.82) is 5.26 Å². The van der Waals surface area contributed by atoms with Crippen LogP contribution < -0.4 is 0 Å². The Morgan fingerprint density at radius 2 is 2.30 bits per heavy atom. The van der Waals surface area contributed by atoms with Crippen LogP contribution in [0.5, 0.6) is 0 Å². The van der Waals surface area contributed by atoms with Crippen molar-refractivity contribution in [1.82, 2.24) is 0 Å². The minimum atomic E-state index is -3.06. The first kappa shape index (κ1) is 9.64. The molecule has 0 saturated heterocycles. The predicted octanol–water partition coefficient (Wildman–Crippen LogP) is 1.39. The fraction of sp³-hybridized carbons (Fsp3) is 0.800. The first-order valence-electron chi connectivity index (χ1n) is 2.85. The van der Waals surface area contributed by atoms with Gasteiger partial charge in [-0.05, 0) is 6.92 Å². The van der Waals surface area contributed by atoms with Gasteiger partial charge in [0.1, 0.15) is 6.16 Å². The summed E-state index contributed by atoms with van der Waals surface area (Å²) in [5.41, 5.74) is 0. The average molecular weight is 163 g/mol. The van der Waals surface area contributed by atoms with Gasteiger partial charge in [-0.3, -0.25) is 4.57 Å². The molecular formula is C5H10NO3P. The van der Waals surface area contributed by atoms with Crippen molar-refractivity contribution in [3.63, 3.8) is 0 Å². The lowest BCUT2D eigenvalue weighted by Gasteiger charge is -2.10. The molecule has 0 N–H and O–H groups in total. The Morgan fingerprint density at radius 3 is 2.60 bits per heavy atom. The molecule has 0 aromatic heterocycles. The third-order valence-electron chi connectivity index (χ3n) is 0.868. The largest absolute Gasteiger partial charge is 0.344 e. The van der Waals surface area contributed by atoms with Crippen LogP contribution in [0, 0.1) is 11.3 Å². The number of nitrogens with zero attached hydrogens (tertiary/aromatic N) is 1. The van der Waals surface area contributed by atoms with Gasteiger partial charge in [-0.25, -0.2) is 0 Å². The molecule has 0 bridgehead atoms. The van der Waals surface area contributed by atoms with Gasteiger partial charge in [-0.15, -0.1) is 0 Å². The van der Waals surface area contributed by atoms with Crippen LogP contribution in [0.3, 0.4) is 0 Å². The van der Waals surface area contributed by atoms with E-state index in [9.17, 15) is 4.57 Å². The van der Waals surface area contributed by atoms with Crippen molar-refractivity contribution in [3.8, 4) is 6.07 Å². The van der Waals surface area contributed by atoms with Gasteiger partial charge >= 0.3 is 7.60 Å². The number of rotatable bonds is 4. The molecule has 0 radical (unpaired) electrons. The summed E-state index contributed by atoms with van der Waals surface area (Å²) in [5.74, 6) is 0. The van der Waals surface area contributed by atoms with Crippen LogP contribution in [0.4, 0.5) is 0 Å². The summed E-state index contributed by atoms with van der Waals surface area (Å²) >= 11 is 0. The quantitative estimate of drug-likeness (QED) is 0.587. The van der Waals surface area contributed by atoms with Crippen molar-refractivity contribution in [2.24, 2.45) is 0 Å². The van der Waals surface area contributed by atoms with Gasteiger partial charge < -0.3 is 9.05 Å². The van der Waals surface area contributed by atoms with Gasteiger partial charge in [0.05, 0.1) is 12.7 Å². The lowest BCUT2D eigenvalue weighted by molar-refractivity contribution is 0.247. The maximum Gasteiger partial charge on any atom is 0.344 e. The van der Waals surface area contributed by atoms with Crippen LogP contribution in [0.1, 0.15) is 6.92 Å². The fourth-order valence-corrected chi connectivity index (χ4v) is 1.34. The van der Waals surface area contributed by atoms with Crippen LogP contribution in [-0.4, -0.2) is 19.9 Å². The number of hydrogen-bond donors (Lipinski definition) is 0. The van der Waals surface area contributed by atoms with Crippen LogP contribution in [0.2, 0.25) is 0 Å². The summed E-state index contributed by atoms with van der Waals surface area (Å²) in [6.07, 6.45) is -0.183. The van der Waals surface area contributed by atoms with E-state index in [0.29, 0.717) is 6.61 Å². The molecule has 1 atom stereocenters. The zero-order chi connectivity index (χ0) is 8.04. The zero-order valence-electron chi connectivity index (χ0n) is 6.03. The average Bonchev–Trinajstić information content (AvgIpc) is 1.89. The fourth-order valence-electron chi connectivity index (χ4n) is 0.446. The summed E-state index contributed by atoms with van der Waals surface area (Å²) in [6, 6.07) is 1.73. The van der Waals surface area contributed by atoms with Crippen molar-refractivity contribution >= 4 is 7.60 Å². The smallest absolute Gasteiger partial charge is 0.311 e. The third-order valence-corrected chi connectivity index (χ3v) is 2.60. The highest BCUT2D eigenvalue weighted by Gasteiger charge is 2.20. The van der Waals surface area contributed by atoms with E-state index < -0.39 is 7.60 Å². The van der Waals surface area contributed by atoms with E-state index in [1.807, 2.05) is 0 Å². The van der Waals surface area contributed by atoms with E-state index in [4.69, 9.17) is 9.79 Å². The Balaban J connectivity index is 3.99. The molecule has 0 aromatic rings. The second kappa shape index (κ2) is 4.45. The molecule has 0 amide bonds. The molecule has 0 heterocycles. The molecule has 0 aliphatic heterocycles. The van der Waals surface area contributed by atoms with Crippen molar-refractivity contribution in [2.45, 2.75) is 6.92 Å². The SMILES string of the molecule is CCOP(=O)(CC#N)OC. The Kier molecular flexibility index (Phi) is 4.29. The lowest BCUT2D eigenvalue weighted by atomic mass is 10.9. The molecule has 0 aromatic carbocycles. The highest BCUT2D eigenvalue weighted by molar-refractivity contribution is 7.54. The first-order valence-corrected chi connectivity index (χ1v) is 4.57. The zero-order valence-corrected chi connectivity index (χ0v) is 6.93. The molecule has 0 fully saturated rings. The van der Waals surface area contributed by atoms with Gasteiger partial charge in [0.25, 0.3) is 0 Å². The van der Waals surface area contributed by atoms with Crippen LogP contribution in [0.15, 0.2) is 0 Å². The second-order valence-corrected chi connectivity index (χ2v) is 3.69. The first-order chi connectivity index (χ1) is 4.68. The maximum absolute atomic E-state index is 11.1. The Labute approximate surface area is 60.3 Å². The topological polar surface area (TPSA) is 59.3 Å². The van der Waals surface area contributed by atoms with Crippen LogP contribution in [-0.2, 0) is 13.6 Å². The molecule has 5 heteroatoms. The molecule has 4 nitrogen and oxygen atoms in total. The summed E-state index contributed by atoms with van der Waals surface area (Å²) < 4.78 is 20.4. The van der Waals surface area contributed by atoms with E-state index in [1.54, 1.807) is 13.0 Å². The minimum Gasteiger partial charge on any atom is -0.311 e. The van der Waals surface area contributed by atoms with Gasteiger partial charge in [-0.2, -0.15) is 5.26 Å². The summed E-state index contributed by atoms with van der Waals surface area (Å²) in [4.78, 5) is 0. The third kappa shape index (κ3) is 2.98. The molecule has 10 heavy (non-hydrogen) atoms. The molecule has 0 spiro atoms. The predicted molar refractivity (Wildman–Crippen MR) is 36.7 cm³/mol. The Hall–Kier alpha value is -0.360. The second-order valence-electron chi connectivity index (χ2n) is 1.53. The highest BCUT2D eigenvalue weighted by Crippen LogP contribution is 2.46. The summed E-state index contributed by atoms with van der Waals surface area (Å²) in [7, 11) is -1.79. The molecule has 0 saturated carbocycles. The molecular weight excluding hydrogens is 153 g/mol. The van der Waals surface area contributed by atoms with Crippen LogP contribution in [0.25, 0.3) is 0 Å². The number of hydrogen-bond acceptors (Lipinski definition) is 4. The summed E-state index contributed by atoms with van der Waals surface area (Å²) in [6.45, 7) is 2.00. The van der Waals surface area contributed by atoms with E-state index >= 15 is 0 Å². The highest BCUT2D eigenvalue weighted by atomic mass is 31.2. The van der Waals surface area contributed by atoms with E-state index in [2.05, 4.69) is 4.52 Å². The van der Waals surface area contributed by atoms with E-state index in [0.717, 1.165) is 0 Å². The van der Waals surface area contributed by atoms with Gasteiger partial charge in [0.2, 0.25) is 0 Å².